The van der Waals surface area contributed by atoms with Crippen LogP contribution in [-0.4, -0.2) is 36.8 Å². The number of halogens is 1. The smallest absolute Gasteiger partial charge is 0.250 e. The Bertz CT molecular complexity index is 716. The fourth-order valence-electron chi connectivity index (χ4n) is 2.53. The number of ether oxygens (including phenoxy) is 1. The third kappa shape index (κ3) is 9.93. The van der Waals surface area contributed by atoms with E-state index in [-0.39, 0.29) is 29.5 Å². The van der Waals surface area contributed by atoms with Crippen LogP contribution in [-0.2, 0) is 17.9 Å². The van der Waals surface area contributed by atoms with Crippen molar-refractivity contribution in [1.82, 2.24) is 15.2 Å². The highest BCUT2D eigenvalue weighted by Crippen LogP contribution is 2.01. The molecule has 0 aliphatic carbocycles. The van der Waals surface area contributed by atoms with Gasteiger partial charge in [-0.05, 0) is 44.4 Å². The lowest BCUT2D eigenvalue weighted by molar-refractivity contribution is 0.105. The minimum Gasteiger partial charge on any atom is -0.467 e. The minimum absolute atomic E-state index is 0. The maximum Gasteiger partial charge on any atom is 0.250 e. The molecule has 2 aromatic heterocycles. The summed E-state index contributed by atoms with van der Waals surface area (Å²) in [7, 11) is 0. The number of hydrogen-bond acceptors (Lipinski definition) is 4. The number of rotatable bonds is 12. The fourth-order valence-corrected chi connectivity index (χ4v) is 2.53. The molecule has 0 aliphatic rings. The van der Waals surface area contributed by atoms with Gasteiger partial charge in [0.1, 0.15) is 12.4 Å². The SMILES string of the molecule is CCNC(=NCCCOCc1ccco1)NCCCCn1ccccc1=O.I. The van der Waals surface area contributed by atoms with Crippen LogP contribution in [0, 0.1) is 0 Å². The zero-order valence-electron chi connectivity index (χ0n) is 16.4. The Morgan fingerprint density at radius 2 is 2.07 bits per heavy atom. The van der Waals surface area contributed by atoms with Gasteiger partial charge in [0.2, 0.25) is 5.56 Å². The Morgan fingerprint density at radius 3 is 2.82 bits per heavy atom. The second-order valence-corrected chi connectivity index (χ2v) is 6.11. The van der Waals surface area contributed by atoms with Crippen molar-refractivity contribution in [3.8, 4) is 0 Å². The molecule has 7 nitrogen and oxygen atoms in total. The van der Waals surface area contributed by atoms with Crippen LogP contribution in [0.5, 0.6) is 0 Å². The van der Waals surface area contributed by atoms with E-state index in [2.05, 4.69) is 15.6 Å². The van der Waals surface area contributed by atoms with E-state index in [1.54, 1.807) is 23.0 Å². The van der Waals surface area contributed by atoms with Gasteiger partial charge in [-0.25, -0.2) is 0 Å². The van der Waals surface area contributed by atoms with Gasteiger partial charge in [-0.3, -0.25) is 9.79 Å². The maximum atomic E-state index is 11.6. The summed E-state index contributed by atoms with van der Waals surface area (Å²) < 4.78 is 12.5. The normalized spacial score (nSPS) is 11.1. The second kappa shape index (κ2) is 15.2. The molecule has 0 aliphatic heterocycles. The van der Waals surface area contributed by atoms with Crippen molar-refractivity contribution < 1.29 is 9.15 Å². The summed E-state index contributed by atoms with van der Waals surface area (Å²) in [6.45, 7) is 6.28. The van der Waals surface area contributed by atoms with Gasteiger partial charge in [0.25, 0.3) is 0 Å². The van der Waals surface area contributed by atoms with Gasteiger partial charge in [-0.15, -0.1) is 24.0 Å². The molecule has 156 valence electrons. The highest BCUT2D eigenvalue weighted by Gasteiger charge is 1.99. The van der Waals surface area contributed by atoms with Crippen molar-refractivity contribution in [2.75, 3.05) is 26.2 Å². The third-order valence-corrected chi connectivity index (χ3v) is 3.90. The lowest BCUT2D eigenvalue weighted by Gasteiger charge is -2.11. The van der Waals surface area contributed by atoms with E-state index in [1.807, 2.05) is 31.3 Å². The van der Waals surface area contributed by atoms with Gasteiger partial charge in [-0.2, -0.15) is 0 Å². The maximum absolute atomic E-state index is 11.6. The largest absolute Gasteiger partial charge is 0.467 e. The molecular formula is C20H31IN4O3. The van der Waals surface area contributed by atoms with Crippen molar-refractivity contribution >= 4 is 29.9 Å². The predicted octanol–water partition coefficient (Wildman–Crippen LogP) is 3.00. The van der Waals surface area contributed by atoms with Crippen LogP contribution in [0.2, 0.25) is 0 Å². The van der Waals surface area contributed by atoms with Gasteiger partial charge in [0.15, 0.2) is 5.96 Å². The number of hydrogen-bond donors (Lipinski definition) is 2. The zero-order chi connectivity index (χ0) is 19.2. The topological polar surface area (TPSA) is 80.8 Å². The van der Waals surface area contributed by atoms with Gasteiger partial charge in [0.05, 0.1) is 6.26 Å². The van der Waals surface area contributed by atoms with E-state index in [4.69, 9.17) is 9.15 Å². The molecule has 0 radical (unpaired) electrons. The Balaban J connectivity index is 0.00000392. The third-order valence-electron chi connectivity index (χ3n) is 3.90. The Labute approximate surface area is 183 Å². The minimum atomic E-state index is 0. The van der Waals surface area contributed by atoms with E-state index < -0.39 is 0 Å². The highest BCUT2D eigenvalue weighted by atomic mass is 127. The van der Waals surface area contributed by atoms with Gasteiger partial charge < -0.3 is 24.4 Å². The fraction of sp³-hybridized carbons (Fsp3) is 0.500. The van der Waals surface area contributed by atoms with E-state index in [9.17, 15) is 4.79 Å². The molecule has 2 rings (SSSR count). The van der Waals surface area contributed by atoms with E-state index in [0.29, 0.717) is 19.8 Å². The number of aliphatic imine (C=N–C) groups is 1. The first kappa shape index (κ1) is 24.2. The van der Waals surface area contributed by atoms with Crippen LogP contribution in [0.1, 0.15) is 31.9 Å². The molecule has 2 N–H and O–H groups in total. The van der Waals surface area contributed by atoms with E-state index >= 15 is 0 Å². The van der Waals surface area contributed by atoms with Crippen molar-refractivity contribution in [3.63, 3.8) is 0 Å². The van der Waals surface area contributed by atoms with Crippen molar-refractivity contribution in [1.29, 1.82) is 0 Å². The number of unbranched alkanes of at least 4 members (excludes halogenated alkanes) is 1. The molecule has 0 spiro atoms. The first-order valence-electron chi connectivity index (χ1n) is 9.57. The average molecular weight is 502 g/mol. The van der Waals surface area contributed by atoms with Crippen LogP contribution in [0.25, 0.3) is 0 Å². The first-order valence-corrected chi connectivity index (χ1v) is 9.57. The van der Waals surface area contributed by atoms with E-state index in [0.717, 1.165) is 50.6 Å². The predicted molar refractivity (Wildman–Crippen MR) is 122 cm³/mol. The van der Waals surface area contributed by atoms with Crippen LogP contribution >= 0.6 is 24.0 Å². The Hall–Kier alpha value is -1.81. The van der Waals surface area contributed by atoms with Gasteiger partial charge in [-0.1, -0.05) is 6.07 Å². The number of aryl methyl sites for hydroxylation is 1. The molecule has 0 amide bonds. The summed E-state index contributed by atoms with van der Waals surface area (Å²) >= 11 is 0. The quantitative estimate of drug-likeness (QED) is 0.202. The monoisotopic (exact) mass is 502 g/mol. The summed E-state index contributed by atoms with van der Waals surface area (Å²) in [5.41, 5.74) is 0.0506. The molecule has 0 fully saturated rings. The summed E-state index contributed by atoms with van der Waals surface area (Å²) in [6.07, 6.45) is 6.24. The highest BCUT2D eigenvalue weighted by molar-refractivity contribution is 14.0. The summed E-state index contributed by atoms with van der Waals surface area (Å²) in [4.78, 5) is 16.2. The van der Waals surface area contributed by atoms with Crippen LogP contribution in [0.3, 0.4) is 0 Å². The number of pyridine rings is 1. The lowest BCUT2D eigenvalue weighted by Crippen LogP contribution is -2.38. The number of nitrogens with one attached hydrogen (secondary N) is 2. The number of guanidine groups is 1. The number of nitrogens with zero attached hydrogens (tertiary/aromatic N) is 2. The van der Waals surface area contributed by atoms with Crippen LogP contribution in [0.4, 0.5) is 0 Å². The molecule has 0 atom stereocenters. The first-order chi connectivity index (χ1) is 13.3. The summed E-state index contributed by atoms with van der Waals surface area (Å²) in [5.74, 6) is 1.66. The standard InChI is InChI=1S/C20H30N4O3.HI/c1-2-21-20(23-12-8-15-26-17-18-9-7-16-27-18)22-11-4-6-14-24-13-5-3-10-19(24)25;/h3,5,7,9-10,13,16H,2,4,6,8,11-12,14-15,17H2,1H3,(H2,21,22,23);1H. The van der Waals surface area contributed by atoms with Gasteiger partial charge >= 0.3 is 0 Å². The number of aromatic nitrogens is 1. The molecule has 2 aromatic rings. The van der Waals surface area contributed by atoms with Crippen LogP contribution in [0.15, 0.2) is 57.0 Å². The van der Waals surface area contributed by atoms with E-state index in [1.165, 1.54) is 0 Å². The van der Waals surface area contributed by atoms with Crippen molar-refractivity contribution in [2.45, 2.75) is 39.3 Å². The average Bonchev–Trinajstić information content (AvgIpc) is 3.19. The van der Waals surface area contributed by atoms with Crippen molar-refractivity contribution in [3.05, 3.63) is 58.9 Å². The molecule has 0 saturated heterocycles. The van der Waals surface area contributed by atoms with Gasteiger partial charge in [0, 0.05) is 45.0 Å². The Kier molecular flexibility index (Phi) is 13.1. The molecule has 0 unspecified atom stereocenters. The zero-order valence-corrected chi connectivity index (χ0v) is 18.8. The lowest BCUT2D eigenvalue weighted by atomic mass is 10.3. The summed E-state index contributed by atoms with van der Waals surface area (Å²) in [6, 6.07) is 9.00. The van der Waals surface area contributed by atoms with Crippen LogP contribution < -0.4 is 16.2 Å². The summed E-state index contributed by atoms with van der Waals surface area (Å²) in [5, 5.41) is 6.57. The second-order valence-electron chi connectivity index (χ2n) is 6.11. The molecular weight excluding hydrogens is 471 g/mol. The molecule has 2 heterocycles. The van der Waals surface area contributed by atoms with Crippen molar-refractivity contribution in [2.24, 2.45) is 4.99 Å². The molecule has 0 saturated carbocycles. The molecule has 0 aromatic carbocycles. The number of furan rings is 1. The molecule has 8 heteroatoms. The molecule has 28 heavy (non-hydrogen) atoms. The Morgan fingerprint density at radius 1 is 1.18 bits per heavy atom. The molecule has 0 bridgehead atoms.